The SMILES string of the molecule is CN(C(=O)c1ccoc1)C1CCNCC1. The van der Waals surface area contributed by atoms with E-state index in [1.807, 2.05) is 11.9 Å². The molecule has 0 aliphatic carbocycles. The minimum absolute atomic E-state index is 0.0515. The Kier molecular flexibility index (Phi) is 3.06. The molecule has 4 nitrogen and oxygen atoms in total. The molecule has 1 amide bonds. The zero-order valence-corrected chi connectivity index (χ0v) is 8.90. The number of carbonyl (C=O) groups is 1. The number of piperidine rings is 1. The summed E-state index contributed by atoms with van der Waals surface area (Å²) in [5.74, 6) is 0.0515. The van der Waals surface area contributed by atoms with Gasteiger partial charge in [-0.2, -0.15) is 0 Å². The molecule has 15 heavy (non-hydrogen) atoms. The molecule has 0 spiro atoms. The van der Waals surface area contributed by atoms with Crippen LogP contribution in [-0.2, 0) is 0 Å². The van der Waals surface area contributed by atoms with Crippen LogP contribution in [-0.4, -0.2) is 37.0 Å². The van der Waals surface area contributed by atoms with Crippen molar-refractivity contribution in [3.8, 4) is 0 Å². The zero-order valence-electron chi connectivity index (χ0n) is 8.90. The maximum atomic E-state index is 12.0. The molecule has 0 unspecified atom stereocenters. The van der Waals surface area contributed by atoms with Crippen LogP contribution in [0.15, 0.2) is 23.0 Å². The van der Waals surface area contributed by atoms with Crippen LogP contribution >= 0.6 is 0 Å². The van der Waals surface area contributed by atoms with Gasteiger partial charge >= 0.3 is 0 Å². The van der Waals surface area contributed by atoms with Crippen LogP contribution < -0.4 is 5.32 Å². The third-order valence-electron chi connectivity index (χ3n) is 2.94. The van der Waals surface area contributed by atoms with Gasteiger partial charge in [-0.3, -0.25) is 4.79 Å². The second-order valence-corrected chi connectivity index (χ2v) is 3.91. The molecule has 1 aliphatic heterocycles. The van der Waals surface area contributed by atoms with Crippen molar-refractivity contribution in [2.75, 3.05) is 20.1 Å². The number of amides is 1. The normalized spacial score (nSPS) is 17.7. The first kappa shape index (κ1) is 10.2. The summed E-state index contributed by atoms with van der Waals surface area (Å²) < 4.78 is 4.91. The highest BCUT2D eigenvalue weighted by atomic mass is 16.3. The second-order valence-electron chi connectivity index (χ2n) is 3.91. The van der Waals surface area contributed by atoms with E-state index in [1.165, 1.54) is 12.5 Å². The summed E-state index contributed by atoms with van der Waals surface area (Å²) in [4.78, 5) is 13.8. The molecule has 82 valence electrons. The minimum atomic E-state index is 0.0515. The van der Waals surface area contributed by atoms with Crippen molar-refractivity contribution in [1.29, 1.82) is 0 Å². The van der Waals surface area contributed by atoms with Gasteiger partial charge in [-0.05, 0) is 32.0 Å². The fourth-order valence-electron chi connectivity index (χ4n) is 1.95. The Morgan fingerprint density at radius 2 is 2.27 bits per heavy atom. The standard InChI is InChI=1S/C11H16N2O2/c1-13(10-2-5-12-6-3-10)11(14)9-4-7-15-8-9/h4,7-8,10,12H,2-3,5-6H2,1H3. The van der Waals surface area contributed by atoms with E-state index in [1.54, 1.807) is 6.07 Å². The monoisotopic (exact) mass is 208 g/mol. The largest absolute Gasteiger partial charge is 0.472 e. The number of hydrogen-bond donors (Lipinski definition) is 1. The van der Waals surface area contributed by atoms with Crippen molar-refractivity contribution < 1.29 is 9.21 Å². The molecule has 1 aromatic rings. The first-order chi connectivity index (χ1) is 7.29. The smallest absolute Gasteiger partial charge is 0.257 e. The Morgan fingerprint density at radius 3 is 2.87 bits per heavy atom. The lowest BCUT2D eigenvalue weighted by molar-refractivity contribution is 0.0702. The first-order valence-corrected chi connectivity index (χ1v) is 5.29. The van der Waals surface area contributed by atoms with Crippen molar-refractivity contribution in [2.24, 2.45) is 0 Å². The molecule has 0 saturated carbocycles. The molecule has 1 fully saturated rings. The molecular formula is C11H16N2O2. The fraction of sp³-hybridized carbons (Fsp3) is 0.545. The Labute approximate surface area is 89.2 Å². The molecule has 1 aromatic heterocycles. The van der Waals surface area contributed by atoms with Gasteiger partial charge in [-0.25, -0.2) is 0 Å². The molecule has 0 atom stereocenters. The van der Waals surface area contributed by atoms with Crippen LogP contribution in [0.25, 0.3) is 0 Å². The maximum absolute atomic E-state index is 12.0. The van der Waals surface area contributed by atoms with Gasteiger partial charge in [-0.1, -0.05) is 0 Å². The van der Waals surface area contributed by atoms with Crippen LogP contribution in [0.2, 0.25) is 0 Å². The van der Waals surface area contributed by atoms with E-state index in [0.717, 1.165) is 25.9 Å². The van der Waals surface area contributed by atoms with E-state index in [0.29, 0.717) is 11.6 Å². The van der Waals surface area contributed by atoms with E-state index >= 15 is 0 Å². The Bertz CT molecular complexity index is 315. The summed E-state index contributed by atoms with van der Waals surface area (Å²) in [6, 6.07) is 2.06. The predicted molar refractivity (Wildman–Crippen MR) is 56.7 cm³/mol. The van der Waals surface area contributed by atoms with Crippen LogP contribution in [0.3, 0.4) is 0 Å². The van der Waals surface area contributed by atoms with Crippen molar-refractivity contribution >= 4 is 5.91 Å². The highest BCUT2D eigenvalue weighted by Crippen LogP contribution is 2.13. The van der Waals surface area contributed by atoms with E-state index in [-0.39, 0.29) is 5.91 Å². The highest BCUT2D eigenvalue weighted by molar-refractivity contribution is 5.93. The molecule has 0 aromatic carbocycles. The Hall–Kier alpha value is -1.29. The van der Waals surface area contributed by atoms with Gasteiger partial charge in [0.25, 0.3) is 5.91 Å². The quantitative estimate of drug-likeness (QED) is 0.791. The molecule has 2 rings (SSSR count). The van der Waals surface area contributed by atoms with Gasteiger partial charge in [0.1, 0.15) is 6.26 Å². The summed E-state index contributed by atoms with van der Waals surface area (Å²) in [5.41, 5.74) is 0.635. The fourth-order valence-corrected chi connectivity index (χ4v) is 1.95. The molecule has 0 bridgehead atoms. The molecule has 0 radical (unpaired) electrons. The molecule has 2 heterocycles. The maximum Gasteiger partial charge on any atom is 0.257 e. The zero-order chi connectivity index (χ0) is 10.7. The third kappa shape index (κ3) is 2.21. The molecular weight excluding hydrogens is 192 g/mol. The van der Waals surface area contributed by atoms with Crippen LogP contribution in [0.4, 0.5) is 0 Å². The number of nitrogens with zero attached hydrogens (tertiary/aromatic N) is 1. The van der Waals surface area contributed by atoms with E-state index in [4.69, 9.17) is 4.42 Å². The number of hydrogen-bond acceptors (Lipinski definition) is 3. The van der Waals surface area contributed by atoms with Crippen molar-refractivity contribution in [3.05, 3.63) is 24.2 Å². The molecule has 1 saturated heterocycles. The Balaban J connectivity index is 2.00. The minimum Gasteiger partial charge on any atom is -0.472 e. The van der Waals surface area contributed by atoms with Crippen LogP contribution in [0, 0.1) is 0 Å². The molecule has 1 N–H and O–H groups in total. The summed E-state index contributed by atoms with van der Waals surface area (Å²) in [5, 5.41) is 3.29. The first-order valence-electron chi connectivity index (χ1n) is 5.29. The number of furan rings is 1. The van der Waals surface area contributed by atoms with E-state index in [9.17, 15) is 4.79 Å². The van der Waals surface area contributed by atoms with E-state index < -0.39 is 0 Å². The van der Waals surface area contributed by atoms with Crippen LogP contribution in [0.5, 0.6) is 0 Å². The van der Waals surface area contributed by atoms with Crippen LogP contribution in [0.1, 0.15) is 23.2 Å². The topological polar surface area (TPSA) is 45.5 Å². The van der Waals surface area contributed by atoms with Crippen molar-refractivity contribution in [3.63, 3.8) is 0 Å². The number of rotatable bonds is 2. The van der Waals surface area contributed by atoms with Gasteiger partial charge in [0.2, 0.25) is 0 Å². The third-order valence-corrected chi connectivity index (χ3v) is 2.94. The lowest BCUT2D eigenvalue weighted by Gasteiger charge is -2.31. The molecule has 1 aliphatic rings. The van der Waals surface area contributed by atoms with E-state index in [2.05, 4.69) is 5.32 Å². The molecule has 4 heteroatoms. The average molecular weight is 208 g/mol. The Morgan fingerprint density at radius 1 is 1.53 bits per heavy atom. The highest BCUT2D eigenvalue weighted by Gasteiger charge is 2.23. The van der Waals surface area contributed by atoms with Crippen molar-refractivity contribution in [2.45, 2.75) is 18.9 Å². The second kappa shape index (κ2) is 4.49. The predicted octanol–water partition coefficient (Wildman–Crippen LogP) is 1.10. The summed E-state index contributed by atoms with van der Waals surface area (Å²) >= 11 is 0. The number of nitrogens with one attached hydrogen (secondary N) is 1. The van der Waals surface area contributed by atoms with Crippen molar-refractivity contribution in [1.82, 2.24) is 10.2 Å². The lowest BCUT2D eigenvalue weighted by Crippen LogP contribution is -2.43. The number of carbonyl (C=O) groups excluding carboxylic acids is 1. The van der Waals surface area contributed by atoms with Gasteiger partial charge in [-0.15, -0.1) is 0 Å². The summed E-state index contributed by atoms with van der Waals surface area (Å²) in [6.45, 7) is 1.99. The van der Waals surface area contributed by atoms with Gasteiger partial charge in [0.05, 0.1) is 11.8 Å². The van der Waals surface area contributed by atoms with Gasteiger partial charge in [0.15, 0.2) is 0 Å². The lowest BCUT2D eigenvalue weighted by atomic mass is 10.0. The van der Waals surface area contributed by atoms with Gasteiger partial charge in [0, 0.05) is 13.1 Å². The summed E-state index contributed by atoms with van der Waals surface area (Å²) in [7, 11) is 1.87. The average Bonchev–Trinajstić information content (AvgIpc) is 2.82. The van der Waals surface area contributed by atoms with Gasteiger partial charge < -0.3 is 14.6 Å². The summed E-state index contributed by atoms with van der Waals surface area (Å²) in [6.07, 6.45) is 5.09.